The molecule has 5 nitrogen and oxygen atoms in total. The van der Waals surface area contributed by atoms with Gasteiger partial charge in [0.15, 0.2) is 0 Å². The van der Waals surface area contributed by atoms with E-state index in [4.69, 9.17) is 9.84 Å². The Morgan fingerprint density at radius 3 is 2.93 bits per heavy atom. The molecule has 88 valence electrons. The Bertz CT molecular complexity index is 205. The molecule has 2 atom stereocenters. The SMILES string of the molecule is CCNC(CN(C)C1CCOC1)C(=O)O. The summed E-state index contributed by atoms with van der Waals surface area (Å²) in [6, 6.07) is -0.119. The molecule has 1 aliphatic rings. The third kappa shape index (κ3) is 3.77. The van der Waals surface area contributed by atoms with Gasteiger partial charge in [0.25, 0.3) is 0 Å². The number of ether oxygens (including phenoxy) is 1. The first-order valence-corrected chi connectivity index (χ1v) is 5.39. The van der Waals surface area contributed by atoms with Crippen molar-refractivity contribution >= 4 is 5.97 Å². The number of nitrogens with zero attached hydrogens (tertiary/aromatic N) is 1. The second-order valence-electron chi connectivity index (χ2n) is 3.91. The zero-order valence-corrected chi connectivity index (χ0v) is 9.40. The van der Waals surface area contributed by atoms with Gasteiger partial charge < -0.3 is 15.2 Å². The number of likely N-dealkylation sites (N-methyl/N-ethyl adjacent to an activating group) is 2. The van der Waals surface area contributed by atoms with E-state index < -0.39 is 12.0 Å². The van der Waals surface area contributed by atoms with E-state index in [1.54, 1.807) is 0 Å². The molecule has 0 saturated carbocycles. The summed E-state index contributed by atoms with van der Waals surface area (Å²) in [5, 5.41) is 11.9. The van der Waals surface area contributed by atoms with Crippen LogP contribution in [0.2, 0.25) is 0 Å². The predicted octanol–water partition coefficient (Wildman–Crippen LogP) is -0.230. The lowest BCUT2D eigenvalue weighted by Gasteiger charge is -2.26. The summed E-state index contributed by atoms with van der Waals surface area (Å²) in [5.74, 6) is -0.789. The van der Waals surface area contributed by atoms with Gasteiger partial charge >= 0.3 is 5.97 Å². The van der Waals surface area contributed by atoms with Crippen molar-refractivity contribution in [3.63, 3.8) is 0 Å². The molecule has 0 aromatic carbocycles. The highest BCUT2D eigenvalue weighted by molar-refractivity contribution is 5.73. The molecular weight excluding hydrogens is 196 g/mol. The van der Waals surface area contributed by atoms with Crippen LogP contribution in [0.25, 0.3) is 0 Å². The molecular formula is C10H20N2O3. The van der Waals surface area contributed by atoms with Gasteiger partial charge in [-0.3, -0.25) is 9.69 Å². The second-order valence-corrected chi connectivity index (χ2v) is 3.91. The zero-order chi connectivity index (χ0) is 11.3. The van der Waals surface area contributed by atoms with Gasteiger partial charge in [0.05, 0.1) is 6.61 Å². The third-order valence-electron chi connectivity index (χ3n) is 2.75. The monoisotopic (exact) mass is 216 g/mol. The van der Waals surface area contributed by atoms with Crippen molar-refractivity contribution in [3.8, 4) is 0 Å². The highest BCUT2D eigenvalue weighted by atomic mass is 16.5. The Morgan fingerprint density at radius 2 is 2.47 bits per heavy atom. The summed E-state index contributed by atoms with van der Waals surface area (Å²) in [6.07, 6.45) is 0.995. The van der Waals surface area contributed by atoms with E-state index in [0.717, 1.165) is 19.6 Å². The molecule has 0 bridgehead atoms. The van der Waals surface area contributed by atoms with Crippen LogP contribution in [0.3, 0.4) is 0 Å². The molecule has 0 aromatic rings. The number of nitrogens with one attached hydrogen (secondary N) is 1. The molecule has 1 fully saturated rings. The number of carbonyl (C=O) groups is 1. The van der Waals surface area contributed by atoms with Crippen molar-refractivity contribution in [2.24, 2.45) is 0 Å². The van der Waals surface area contributed by atoms with E-state index in [2.05, 4.69) is 10.2 Å². The van der Waals surface area contributed by atoms with Gasteiger partial charge in [-0.25, -0.2) is 0 Å². The van der Waals surface area contributed by atoms with Crippen molar-refractivity contribution in [2.75, 3.05) is 33.4 Å². The number of carboxylic acids is 1. The Morgan fingerprint density at radius 1 is 1.73 bits per heavy atom. The van der Waals surface area contributed by atoms with Crippen LogP contribution in [0.1, 0.15) is 13.3 Å². The summed E-state index contributed by atoms with van der Waals surface area (Å²) >= 11 is 0. The molecule has 1 rings (SSSR count). The van der Waals surface area contributed by atoms with Crippen LogP contribution in [-0.4, -0.2) is 61.4 Å². The Hall–Kier alpha value is -0.650. The maximum absolute atomic E-state index is 10.9. The summed E-state index contributed by atoms with van der Waals surface area (Å²) in [7, 11) is 1.95. The van der Waals surface area contributed by atoms with Crippen molar-refractivity contribution in [2.45, 2.75) is 25.4 Å². The van der Waals surface area contributed by atoms with E-state index in [9.17, 15) is 4.79 Å². The van der Waals surface area contributed by atoms with Crippen LogP contribution in [-0.2, 0) is 9.53 Å². The highest BCUT2D eigenvalue weighted by Crippen LogP contribution is 2.10. The van der Waals surface area contributed by atoms with Gasteiger partial charge in [-0.05, 0) is 20.0 Å². The van der Waals surface area contributed by atoms with Gasteiger partial charge in [-0.1, -0.05) is 6.92 Å². The molecule has 15 heavy (non-hydrogen) atoms. The fourth-order valence-electron chi connectivity index (χ4n) is 1.78. The van der Waals surface area contributed by atoms with Gasteiger partial charge in [-0.15, -0.1) is 0 Å². The fraction of sp³-hybridized carbons (Fsp3) is 0.900. The van der Waals surface area contributed by atoms with Gasteiger partial charge in [0, 0.05) is 19.2 Å². The van der Waals surface area contributed by atoms with Crippen LogP contribution in [0.15, 0.2) is 0 Å². The number of hydrogen-bond acceptors (Lipinski definition) is 4. The van der Waals surface area contributed by atoms with Crippen LogP contribution in [0.4, 0.5) is 0 Å². The molecule has 0 aromatic heterocycles. The Labute approximate surface area is 90.4 Å². The van der Waals surface area contributed by atoms with E-state index in [1.807, 2.05) is 14.0 Å². The number of aliphatic carboxylic acids is 1. The quantitative estimate of drug-likeness (QED) is 0.642. The molecule has 1 heterocycles. The Balaban J connectivity index is 2.38. The minimum absolute atomic E-state index is 0.366. The van der Waals surface area contributed by atoms with Crippen LogP contribution < -0.4 is 5.32 Å². The Kier molecular flexibility index (Phi) is 5.01. The molecule has 0 aliphatic carbocycles. The molecule has 0 radical (unpaired) electrons. The van der Waals surface area contributed by atoms with E-state index in [-0.39, 0.29) is 0 Å². The van der Waals surface area contributed by atoms with Crippen LogP contribution >= 0.6 is 0 Å². The summed E-state index contributed by atoms with van der Waals surface area (Å²) < 4.78 is 5.27. The summed E-state index contributed by atoms with van der Waals surface area (Å²) in [5.41, 5.74) is 0. The first-order valence-electron chi connectivity index (χ1n) is 5.39. The van der Waals surface area contributed by atoms with Gasteiger partial charge in [0.1, 0.15) is 6.04 Å². The number of hydrogen-bond donors (Lipinski definition) is 2. The standard InChI is InChI=1S/C10H20N2O3/c1-3-11-9(10(13)14)6-12(2)8-4-5-15-7-8/h8-9,11H,3-7H2,1-2H3,(H,13,14). The second kappa shape index (κ2) is 6.05. The predicted molar refractivity (Wildman–Crippen MR) is 57.0 cm³/mol. The van der Waals surface area contributed by atoms with Crippen LogP contribution in [0, 0.1) is 0 Å². The van der Waals surface area contributed by atoms with E-state index in [1.165, 1.54) is 0 Å². The smallest absolute Gasteiger partial charge is 0.322 e. The fourth-order valence-corrected chi connectivity index (χ4v) is 1.78. The first kappa shape index (κ1) is 12.4. The zero-order valence-electron chi connectivity index (χ0n) is 9.40. The average Bonchev–Trinajstić information content (AvgIpc) is 2.69. The van der Waals surface area contributed by atoms with Crippen LogP contribution in [0.5, 0.6) is 0 Å². The molecule has 0 amide bonds. The normalized spacial score (nSPS) is 23.3. The molecule has 2 N–H and O–H groups in total. The maximum Gasteiger partial charge on any atom is 0.322 e. The van der Waals surface area contributed by atoms with E-state index in [0.29, 0.717) is 19.1 Å². The van der Waals surface area contributed by atoms with Crippen molar-refractivity contribution in [3.05, 3.63) is 0 Å². The topological polar surface area (TPSA) is 61.8 Å². The molecule has 5 heteroatoms. The molecule has 0 spiro atoms. The molecule has 1 saturated heterocycles. The molecule has 1 aliphatic heterocycles. The lowest BCUT2D eigenvalue weighted by atomic mass is 10.2. The summed E-state index contributed by atoms with van der Waals surface area (Å²) in [4.78, 5) is 13.0. The van der Waals surface area contributed by atoms with Gasteiger partial charge in [0.2, 0.25) is 0 Å². The minimum atomic E-state index is -0.789. The number of carboxylic acid groups (broad SMARTS) is 1. The lowest BCUT2D eigenvalue weighted by Crippen LogP contribution is -2.47. The first-order chi connectivity index (χ1) is 7.15. The van der Waals surface area contributed by atoms with Gasteiger partial charge in [-0.2, -0.15) is 0 Å². The van der Waals surface area contributed by atoms with Crippen molar-refractivity contribution in [1.82, 2.24) is 10.2 Å². The van der Waals surface area contributed by atoms with Crippen molar-refractivity contribution < 1.29 is 14.6 Å². The average molecular weight is 216 g/mol. The minimum Gasteiger partial charge on any atom is -0.480 e. The highest BCUT2D eigenvalue weighted by Gasteiger charge is 2.25. The van der Waals surface area contributed by atoms with Crippen molar-refractivity contribution in [1.29, 1.82) is 0 Å². The molecule has 2 unspecified atom stereocenters. The lowest BCUT2D eigenvalue weighted by molar-refractivity contribution is -0.140. The third-order valence-corrected chi connectivity index (χ3v) is 2.75. The van der Waals surface area contributed by atoms with E-state index >= 15 is 0 Å². The largest absolute Gasteiger partial charge is 0.480 e. The summed E-state index contributed by atoms with van der Waals surface area (Å²) in [6.45, 7) is 4.61. The number of rotatable bonds is 6. The maximum atomic E-state index is 10.9.